The molecule has 178 valence electrons. The number of halogens is 3. The number of hydrogen-bond donors (Lipinski definition) is 1. The third-order valence-electron chi connectivity index (χ3n) is 5.72. The van der Waals surface area contributed by atoms with Crippen LogP contribution in [0.1, 0.15) is 48.2 Å². The van der Waals surface area contributed by atoms with Gasteiger partial charge in [-0.1, -0.05) is 62.9 Å². The largest absolute Gasteiger partial charge is 0.415 e. The van der Waals surface area contributed by atoms with E-state index < -0.39 is 11.7 Å². The van der Waals surface area contributed by atoms with Gasteiger partial charge in [-0.25, -0.2) is 0 Å². The summed E-state index contributed by atoms with van der Waals surface area (Å²) in [5, 5.41) is 3.83. The lowest BCUT2D eigenvalue weighted by Crippen LogP contribution is -2.22. The highest BCUT2D eigenvalue weighted by Crippen LogP contribution is 2.26. The van der Waals surface area contributed by atoms with Crippen LogP contribution in [0, 0.1) is 0 Å². The van der Waals surface area contributed by atoms with E-state index in [1.807, 2.05) is 41.1 Å². The van der Waals surface area contributed by atoms with E-state index >= 15 is 0 Å². The molecule has 1 N–H and O–H groups in total. The minimum absolute atomic E-state index is 0.162. The summed E-state index contributed by atoms with van der Waals surface area (Å²) in [6.07, 6.45) is 1.60. The van der Waals surface area contributed by atoms with E-state index in [1.165, 1.54) is 11.6 Å². The van der Waals surface area contributed by atoms with Crippen molar-refractivity contribution >= 4 is 16.8 Å². The number of hydrogen-bond acceptors (Lipinski definition) is 1. The quantitative estimate of drug-likeness (QED) is 0.347. The number of amides is 1. The summed E-state index contributed by atoms with van der Waals surface area (Å²) < 4.78 is 40.0. The molecule has 0 unspecified atom stereocenters. The fourth-order valence-corrected chi connectivity index (χ4v) is 3.52. The standard InChI is InChI=1S/C28H29F3N2O/c1-5-21(7-6-20(4)28(29,30)31)18-33-15-14-24-16-25(12-13-26(24)33)27(34)32-17-22-8-10-23(11-9-22)19(2)3/h5-16,19H,4,17-18H2,1-3H3,(H,32,34)/b7-6-,21-5+. The molecular weight excluding hydrogens is 437 g/mol. The maximum atomic E-state index is 12.7. The van der Waals surface area contributed by atoms with Gasteiger partial charge in [0.1, 0.15) is 0 Å². The van der Waals surface area contributed by atoms with Gasteiger partial charge in [-0.2, -0.15) is 13.2 Å². The van der Waals surface area contributed by atoms with Crippen molar-refractivity contribution in [1.82, 2.24) is 9.88 Å². The second-order valence-corrected chi connectivity index (χ2v) is 8.52. The van der Waals surface area contributed by atoms with Crippen LogP contribution in [-0.4, -0.2) is 16.7 Å². The molecule has 1 aromatic heterocycles. The molecule has 0 fully saturated rings. The number of nitrogens with one attached hydrogen (secondary N) is 1. The molecule has 3 aromatic rings. The summed E-state index contributed by atoms with van der Waals surface area (Å²) in [5.41, 5.74) is 3.56. The molecule has 0 saturated carbocycles. The summed E-state index contributed by atoms with van der Waals surface area (Å²) in [5.74, 6) is 0.298. The fraction of sp³-hybridized carbons (Fsp3) is 0.250. The van der Waals surface area contributed by atoms with Gasteiger partial charge in [-0.3, -0.25) is 4.79 Å². The number of fused-ring (bicyclic) bond motifs is 1. The number of allylic oxidation sites excluding steroid dienone is 5. The predicted molar refractivity (Wildman–Crippen MR) is 132 cm³/mol. The van der Waals surface area contributed by atoms with Crippen molar-refractivity contribution in [1.29, 1.82) is 0 Å². The van der Waals surface area contributed by atoms with E-state index in [0.717, 1.165) is 22.5 Å². The summed E-state index contributed by atoms with van der Waals surface area (Å²) in [6.45, 7) is 9.97. The zero-order valence-corrected chi connectivity index (χ0v) is 19.6. The molecule has 3 rings (SSSR count). The molecule has 0 aliphatic heterocycles. The highest BCUT2D eigenvalue weighted by molar-refractivity contribution is 5.98. The van der Waals surface area contributed by atoms with Crippen molar-refractivity contribution in [3.63, 3.8) is 0 Å². The average molecular weight is 467 g/mol. The van der Waals surface area contributed by atoms with Gasteiger partial charge in [-0.15, -0.1) is 0 Å². The minimum Gasteiger partial charge on any atom is -0.348 e. The van der Waals surface area contributed by atoms with Crippen LogP contribution in [0.25, 0.3) is 10.9 Å². The molecule has 0 bridgehead atoms. The van der Waals surface area contributed by atoms with Crippen molar-refractivity contribution in [2.24, 2.45) is 0 Å². The fourth-order valence-electron chi connectivity index (χ4n) is 3.52. The van der Waals surface area contributed by atoms with Crippen LogP contribution in [0.2, 0.25) is 0 Å². The lowest BCUT2D eigenvalue weighted by atomic mass is 10.0. The smallest absolute Gasteiger partial charge is 0.348 e. The number of rotatable bonds is 8. The number of aromatic nitrogens is 1. The molecule has 0 aliphatic rings. The Morgan fingerprint density at radius 2 is 1.79 bits per heavy atom. The van der Waals surface area contributed by atoms with Crippen LogP contribution in [0.4, 0.5) is 13.2 Å². The molecule has 3 nitrogen and oxygen atoms in total. The zero-order chi connectivity index (χ0) is 24.9. The Morgan fingerprint density at radius 3 is 2.41 bits per heavy atom. The van der Waals surface area contributed by atoms with Crippen LogP contribution in [0.15, 0.2) is 90.7 Å². The third kappa shape index (κ3) is 6.28. The van der Waals surface area contributed by atoms with Gasteiger partial charge in [0.25, 0.3) is 5.91 Å². The van der Waals surface area contributed by atoms with Gasteiger partial charge >= 0.3 is 6.18 Å². The molecule has 0 spiro atoms. The second kappa shape index (κ2) is 10.6. The first-order valence-electron chi connectivity index (χ1n) is 11.1. The molecule has 2 aromatic carbocycles. The maximum Gasteiger partial charge on any atom is 0.415 e. The molecule has 1 amide bonds. The molecule has 1 heterocycles. The molecule has 6 heteroatoms. The Bertz CT molecular complexity index is 1230. The third-order valence-corrected chi connectivity index (χ3v) is 5.72. The number of benzene rings is 2. The van der Waals surface area contributed by atoms with Gasteiger partial charge in [0, 0.05) is 41.3 Å². The normalized spacial score (nSPS) is 12.6. The number of alkyl halides is 3. The molecular formula is C28H29F3N2O. The predicted octanol–water partition coefficient (Wildman–Crippen LogP) is 7.32. The molecule has 0 aliphatic carbocycles. The Kier molecular flexibility index (Phi) is 7.82. The number of nitrogens with zero attached hydrogens (tertiary/aromatic N) is 1. The van der Waals surface area contributed by atoms with Gasteiger partial charge in [0.2, 0.25) is 0 Å². The first kappa shape index (κ1) is 25.1. The topological polar surface area (TPSA) is 34.0 Å². The monoisotopic (exact) mass is 466 g/mol. The van der Waals surface area contributed by atoms with Crippen LogP contribution in [0.3, 0.4) is 0 Å². The zero-order valence-electron chi connectivity index (χ0n) is 19.6. The molecule has 34 heavy (non-hydrogen) atoms. The van der Waals surface area contributed by atoms with Crippen LogP contribution < -0.4 is 5.32 Å². The number of carbonyl (C=O) groups excluding carboxylic acids is 1. The van der Waals surface area contributed by atoms with Gasteiger partial charge in [-0.05, 0) is 53.8 Å². The van der Waals surface area contributed by atoms with Crippen molar-refractivity contribution in [3.05, 3.63) is 107 Å². The Labute approximate surface area is 198 Å². The first-order valence-corrected chi connectivity index (χ1v) is 11.1. The van der Waals surface area contributed by atoms with E-state index in [2.05, 4.69) is 37.9 Å². The highest BCUT2D eigenvalue weighted by atomic mass is 19.4. The van der Waals surface area contributed by atoms with Crippen molar-refractivity contribution in [2.45, 2.75) is 46.0 Å². The lowest BCUT2D eigenvalue weighted by molar-refractivity contribution is -0.0878. The van der Waals surface area contributed by atoms with Crippen molar-refractivity contribution < 1.29 is 18.0 Å². The van der Waals surface area contributed by atoms with Crippen LogP contribution >= 0.6 is 0 Å². The summed E-state index contributed by atoms with van der Waals surface area (Å²) in [6, 6.07) is 15.5. The molecule has 0 atom stereocenters. The van der Waals surface area contributed by atoms with Crippen LogP contribution in [0.5, 0.6) is 0 Å². The van der Waals surface area contributed by atoms with E-state index in [1.54, 1.807) is 19.1 Å². The van der Waals surface area contributed by atoms with Crippen molar-refractivity contribution in [3.8, 4) is 0 Å². The Morgan fingerprint density at radius 1 is 1.09 bits per heavy atom. The number of carbonyl (C=O) groups is 1. The molecule has 0 saturated heterocycles. The first-order chi connectivity index (χ1) is 16.1. The lowest BCUT2D eigenvalue weighted by Gasteiger charge is -2.10. The van der Waals surface area contributed by atoms with Crippen molar-refractivity contribution in [2.75, 3.05) is 0 Å². The van der Waals surface area contributed by atoms with E-state index in [4.69, 9.17) is 0 Å². The Hall–Kier alpha value is -3.54. The highest BCUT2D eigenvalue weighted by Gasteiger charge is 2.29. The molecule has 0 radical (unpaired) electrons. The maximum absolute atomic E-state index is 12.7. The summed E-state index contributed by atoms with van der Waals surface area (Å²) >= 11 is 0. The summed E-state index contributed by atoms with van der Waals surface area (Å²) in [4.78, 5) is 12.7. The van der Waals surface area contributed by atoms with Gasteiger partial charge < -0.3 is 9.88 Å². The minimum atomic E-state index is -4.44. The van der Waals surface area contributed by atoms with E-state index in [-0.39, 0.29) is 5.91 Å². The average Bonchev–Trinajstić information content (AvgIpc) is 3.21. The SMILES string of the molecule is C=C(/C=C\C(=C/C)Cn1ccc2cc(C(=O)NCc3ccc(C(C)C)cc3)ccc21)C(F)(F)F. The second-order valence-electron chi connectivity index (χ2n) is 8.52. The van der Waals surface area contributed by atoms with Gasteiger partial charge in [0.15, 0.2) is 0 Å². The van der Waals surface area contributed by atoms with E-state index in [0.29, 0.717) is 30.1 Å². The van der Waals surface area contributed by atoms with Crippen LogP contribution in [-0.2, 0) is 13.1 Å². The Balaban J connectivity index is 1.67. The van der Waals surface area contributed by atoms with E-state index in [9.17, 15) is 18.0 Å². The van der Waals surface area contributed by atoms with Gasteiger partial charge in [0.05, 0.1) is 0 Å². The summed E-state index contributed by atoms with van der Waals surface area (Å²) in [7, 11) is 0.